The molecule has 0 unspecified atom stereocenters. The van der Waals surface area contributed by atoms with Crippen molar-refractivity contribution in [2.75, 3.05) is 17.4 Å². The topological polar surface area (TPSA) is 6.48 Å². The van der Waals surface area contributed by atoms with Gasteiger partial charge in [0.2, 0.25) is 0 Å². The Bertz CT molecular complexity index is 623. The van der Waals surface area contributed by atoms with Crippen molar-refractivity contribution in [3.63, 3.8) is 0 Å². The highest BCUT2D eigenvalue weighted by molar-refractivity contribution is 9.10. The second kappa shape index (κ2) is 7.49. The van der Waals surface area contributed by atoms with Gasteiger partial charge >= 0.3 is 0 Å². The number of para-hydroxylation sites is 1. The van der Waals surface area contributed by atoms with Gasteiger partial charge in [0, 0.05) is 47.5 Å². The Morgan fingerprint density at radius 1 is 1.05 bits per heavy atom. The van der Waals surface area contributed by atoms with Crippen molar-refractivity contribution in [3.8, 4) is 0 Å². The van der Waals surface area contributed by atoms with Gasteiger partial charge in [-0.15, -0.1) is 0 Å². The molecule has 5 heteroatoms. The minimum atomic E-state index is -0.148. The fraction of sp³-hybridized carbons (Fsp3) is 0.294. The Morgan fingerprint density at radius 2 is 1.82 bits per heavy atom. The lowest BCUT2D eigenvalue weighted by molar-refractivity contribution is 0.447. The average Bonchev–Trinajstić information content (AvgIpc) is 2.77. The van der Waals surface area contributed by atoms with Crippen LogP contribution in [0.1, 0.15) is 18.4 Å². The molecule has 0 saturated carbocycles. The van der Waals surface area contributed by atoms with Gasteiger partial charge in [-0.25, -0.2) is 8.70 Å². The Morgan fingerprint density at radius 3 is 2.59 bits per heavy atom. The van der Waals surface area contributed by atoms with Gasteiger partial charge in [-0.2, -0.15) is 0 Å². The maximum absolute atomic E-state index is 14.0. The lowest BCUT2D eigenvalue weighted by Crippen LogP contribution is -2.23. The van der Waals surface area contributed by atoms with Crippen LogP contribution in [-0.2, 0) is 6.54 Å². The van der Waals surface area contributed by atoms with E-state index in [9.17, 15) is 4.39 Å². The molecule has 0 amide bonds. The molecule has 0 aromatic heterocycles. The zero-order chi connectivity index (χ0) is 15.4. The second-order valence-corrected chi connectivity index (χ2v) is 7.36. The summed E-state index contributed by atoms with van der Waals surface area (Å²) in [7, 11) is 0. The van der Waals surface area contributed by atoms with E-state index in [4.69, 9.17) is 0 Å². The summed E-state index contributed by atoms with van der Waals surface area (Å²) < 4.78 is 19.4. The van der Waals surface area contributed by atoms with Gasteiger partial charge in [-0.3, -0.25) is 0 Å². The molecule has 2 aromatic rings. The van der Waals surface area contributed by atoms with Crippen LogP contribution >= 0.6 is 28.1 Å². The SMILES string of the molecule is Fc1cc(Br)ccc1CN1CCCCN(c2ccccc2)S1. The first-order chi connectivity index (χ1) is 10.7. The zero-order valence-electron chi connectivity index (χ0n) is 12.2. The number of halogens is 2. The molecule has 0 atom stereocenters. The van der Waals surface area contributed by atoms with Crippen LogP contribution in [0.5, 0.6) is 0 Å². The highest BCUT2D eigenvalue weighted by Gasteiger charge is 2.19. The van der Waals surface area contributed by atoms with Crippen molar-refractivity contribution < 1.29 is 4.39 Å². The Balaban J connectivity index is 1.73. The van der Waals surface area contributed by atoms with E-state index < -0.39 is 0 Å². The van der Waals surface area contributed by atoms with Crippen molar-refractivity contribution in [2.45, 2.75) is 19.4 Å². The third kappa shape index (κ3) is 4.03. The average molecular weight is 381 g/mol. The van der Waals surface area contributed by atoms with Gasteiger partial charge in [0.15, 0.2) is 0 Å². The van der Waals surface area contributed by atoms with E-state index in [-0.39, 0.29) is 5.82 Å². The van der Waals surface area contributed by atoms with Gasteiger partial charge in [0.05, 0.1) is 0 Å². The molecule has 0 N–H and O–H groups in total. The number of rotatable bonds is 3. The zero-order valence-corrected chi connectivity index (χ0v) is 14.6. The van der Waals surface area contributed by atoms with E-state index in [1.54, 1.807) is 12.1 Å². The molecule has 1 aliphatic rings. The molecule has 2 nitrogen and oxygen atoms in total. The Labute approximate surface area is 143 Å². The summed E-state index contributed by atoms with van der Waals surface area (Å²) in [6, 6.07) is 15.7. The molecule has 0 radical (unpaired) electrons. The summed E-state index contributed by atoms with van der Waals surface area (Å²) in [5.74, 6) is -0.148. The first-order valence-electron chi connectivity index (χ1n) is 7.42. The highest BCUT2D eigenvalue weighted by Crippen LogP contribution is 2.30. The Hall–Kier alpha value is -1.04. The van der Waals surface area contributed by atoms with E-state index in [1.807, 2.05) is 18.2 Å². The smallest absolute Gasteiger partial charge is 0.128 e. The standard InChI is InChI=1S/C17H18BrFN2S/c18-15-9-8-14(17(19)12-15)13-20-10-4-5-11-21(22-20)16-6-2-1-3-7-16/h1-3,6-9,12H,4-5,10-11,13H2. The van der Waals surface area contributed by atoms with E-state index in [0.717, 1.165) is 36.0 Å². The van der Waals surface area contributed by atoms with E-state index >= 15 is 0 Å². The number of hydrogen-bond acceptors (Lipinski definition) is 3. The molecule has 1 saturated heterocycles. The van der Waals surface area contributed by atoms with Crippen LogP contribution in [0.25, 0.3) is 0 Å². The normalized spacial score (nSPS) is 16.5. The summed E-state index contributed by atoms with van der Waals surface area (Å²) in [6.45, 7) is 2.62. The second-order valence-electron chi connectivity index (χ2n) is 5.33. The van der Waals surface area contributed by atoms with Gasteiger partial charge in [0.1, 0.15) is 5.82 Å². The van der Waals surface area contributed by atoms with Gasteiger partial charge in [-0.1, -0.05) is 40.2 Å². The first-order valence-corrected chi connectivity index (χ1v) is 8.94. The molecule has 3 rings (SSSR count). The van der Waals surface area contributed by atoms with Gasteiger partial charge < -0.3 is 4.31 Å². The predicted molar refractivity (Wildman–Crippen MR) is 95.1 cm³/mol. The van der Waals surface area contributed by atoms with Crippen molar-refractivity contribution >= 4 is 33.8 Å². The lowest BCUT2D eigenvalue weighted by Gasteiger charge is -2.27. The van der Waals surface area contributed by atoms with E-state index in [2.05, 4.69) is 48.8 Å². The third-order valence-electron chi connectivity index (χ3n) is 3.64. The quantitative estimate of drug-likeness (QED) is 0.671. The molecular weight excluding hydrogens is 363 g/mol. The van der Waals surface area contributed by atoms with Crippen LogP contribution in [0.15, 0.2) is 53.0 Å². The molecule has 1 fully saturated rings. The van der Waals surface area contributed by atoms with Crippen molar-refractivity contribution in [3.05, 3.63) is 64.4 Å². The first kappa shape index (κ1) is 15.8. The summed E-state index contributed by atoms with van der Waals surface area (Å²) in [5.41, 5.74) is 1.95. The van der Waals surface area contributed by atoms with Gasteiger partial charge in [0.25, 0.3) is 0 Å². The molecule has 0 bridgehead atoms. The highest BCUT2D eigenvalue weighted by atomic mass is 79.9. The number of hydrogen-bond donors (Lipinski definition) is 0. The summed E-state index contributed by atoms with van der Waals surface area (Å²) in [6.07, 6.45) is 2.29. The summed E-state index contributed by atoms with van der Waals surface area (Å²) in [5, 5.41) is 0. The van der Waals surface area contributed by atoms with Crippen LogP contribution < -0.4 is 4.31 Å². The largest absolute Gasteiger partial charge is 0.303 e. The maximum atomic E-state index is 14.0. The van der Waals surface area contributed by atoms with Crippen LogP contribution in [0.4, 0.5) is 10.1 Å². The van der Waals surface area contributed by atoms with Gasteiger partial charge in [-0.05, 0) is 37.1 Å². The van der Waals surface area contributed by atoms with Crippen molar-refractivity contribution in [2.24, 2.45) is 0 Å². The van der Waals surface area contributed by atoms with Crippen molar-refractivity contribution in [1.82, 2.24) is 4.31 Å². The van der Waals surface area contributed by atoms with Crippen molar-refractivity contribution in [1.29, 1.82) is 0 Å². The van der Waals surface area contributed by atoms with Crippen LogP contribution in [-0.4, -0.2) is 17.4 Å². The number of nitrogens with zero attached hydrogens (tertiary/aromatic N) is 2. The molecule has 2 aromatic carbocycles. The third-order valence-corrected chi connectivity index (χ3v) is 5.27. The molecule has 116 valence electrons. The van der Waals surface area contributed by atoms with Crippen LogP contribution in [0.3, 0.4) is 0 Å². The molecular formula is C17H18BrFN2S. The molecule has 0 spiro atoms. The molecule has 1 heterocycles. The summed E-state index contributed by atoms with van der Waals surface area (Å²) >= 11 is 5.01. The fourth-order valence-corrected chi connectivity index (χ4v) is 3.93. The molecule has 22 heavy (non-hydrogen) atoms. The maximum Gasteiger partial charge on any atom is 0.128 e. The van der Waals surface area contributed by atoms with Crippen LogP contribution in [0, 0.1) is 5.82 Å². The minimum Gasteiger partial charge on any atom is -0.303 e. The molecule has 1 aliphatic heterocycles. The lowest BCUT2D eigenvalue weighted by atomic mass is 10.2. The van der Waals surface area contributed by atoms with E-state index in [1.165, 1.54) is 11.8 Å². The van der Waals surface area contributed by atoms with E-state index in [0.29, 0.717) is 6.54 Å². The van der Waals surface area contributed by atoms with Crippen LogP contribution in [0.2, 0.25) is 0 Å². The monoisotopic (exact) mass is 380 g/mol. The minimum absolute atomic E-state index is 0.148. The number of benzene rings is 2. The fourth-order valence-electron chi connectivity index (χ4n) is 2.48. The number of anilines is 1. The Kier molecular flexibility index (Phi) is 5.39. The predicted octanol–water partition coefficient (Wildman–Crippen LogP) is 5.25. The summed E-state index contributed by atoms with van der Waals surface area (Å²) in [4.78, 5) is 0. The molecule has 0 aliphatic carbocycles.